The SMILES string of the molecule is COc1ccc(-c2ccc3nc(NC(=O)NCCc4nnn(CCF)n4)sc3c2)cn1. The van der Waals surface area contributed by atoms with Crippen molar-refractivity contribution in [3.05, 3.63) is 42.4 Å². The summed E-state index contributed by atoms with van der Waals surface area (Å²) in [6, 6.07) is 9.23. The summed E-state index contributed by atoms with van der Waals surface area (Å²) in [6.07, 6.45) is 2.14. The van der Waals surface area contributed by atoms with Crippen LogP contribution in [0, 0.1) is 0 Å². The minimum absolute atomic E-state index is 0.0647. The molecular weight excluding hydrogens is 423 g/mol. The van der Waals surface area contributed by atoms with Gasteiger partial charge in [0.05, 0.1) is 23.9 Å². The molecule has 31 heavy (non-hydrogen) atoms. The third kappa shape index (κ3) is 5.09. The fourth-order valence-electron chi connectivity index (χ4n) is 2.81. The topological polar surface area (TPSA) is 120 Å². The van der Waals surface area contributed by atoms with E-state index in [-0.39, 0.29) is 12.6 Å². The van der Waals surface area contributed by atoms with Crippen molar-refractivity contribution in [3.8, 4) is 17.0 Å². The minimum Gasteiger partial charge on any atom is -0.481 e. The van der Waals surface area contributed by atoms with Crippen molar-refractivity contribution < 1.29 is 13.9 Å². The molecule has 0 aliphatic rings. The number of tetrazole rings is 1. The monoisotopic (exact) mass is 442 g/mol. The number of halogens is 1. The van der Waals surface area contributed by atoms with Gasteiger partial charge in [-0.15, -0.1) is 10.2 Å². The number of hydrogen-bond donors (Lipinski definition) is 2. The zero-order chi connectivity index (χ0) is 21.6. The van der Waals surface area contributed by atoms with E-state index in [2.05, 4.69) is 36.0 Å². The molecule has 0 fully saturated rings. The van der Waals surface area contributed by atoms with Crippen molar-refractivity contribution in [1.82, 2.24) is 35.5 Å². The first kappa shape index (κ1) is 20.6. The quantitative estimate of drug-likeness (QED) is 0.430. The van der Waals surface area contributed by atoms with Gasteiger partial charge in [-0.25, -0.2) is 19.2 Å². The van der Waals surface area contributed by atoms with Gasteiger partial charge in [-0.2, -0.15) is 4.80 Å². The lowest BCUT2D eigenvalue weighted by Crippen LogP contribution is -2.30. The number of pyridine rings is 1. The van der Waals surface area contributed by atoms with E-state index < -0.39 is 6.67 Å². The van der Waals surface area contributed by atoms with Crippen LogP contribution in [0.15, 0.2) is 36.5 Å². The van der Waals surface area contributed by atoms with Gasteiger partial charge < -0.3 is 10.1 Å². The molecule has 0 unspecified atom stereocenters. The normalized spacial score (nSPS) is 10.9. The molecule has 0 saturated carbocycles. The average Bonchev–Trinajstić information content (AvgIpc) is 3.39. The number of aryl methyl sites for hydroxylation is 1. The number of fused-ring (bicyclic) bond motifs is 1. The highest BCUT2D eigenvalue weighted by atomic mass is 32.1. The van der Waals surface area contributed by atoms with Crippen molar-refractivity contribution in [2.75, 3.05) is 25.6 Å². The Morgan fingerprint density at radius 3 is 2.90 bits per heavy atom. The van der Waals surface area contributed by atoms with Gasteiger partial charge in [-0.1, -0.05) is 17.4 Å². The van der Waals surface area contributed by atoms with E-state index in [9.17, 15) is 9.18 Å². The highest BCUT2D eigenvalue weighted by Crippen LogP contribution is 2.30. The van der Waals surface area contributed by atoms with Crippen LogP contribution in [0.4, 0.5) is 14.3 Å². The van der Waals surface area contributed by atoms with Gasteiger partial charge >= 0.3 is 6.03 Å². The summed E-state index contributed by atoms with van der Waals surface area (Å²) in [7, 11) is 1.58. The van der Waals surface area contributed by atoms with Crippen LogP contribution in [0.25, 0.3) is 21.3 Å². The number of urea groups is 1. The zero-order valence-corrected chi connectivity index (χ0v) is 17.4. The van der Waals surface area contributed by atoms with Crippen molar-refractivity contribution in [1.29, 1.82) is 0 Å². The molecule has 0 atom stereocenters. The number of thiazole rings is 1. The second-order valence-electron chi connectivity index (χ2n) is 6.41. The first-order chi connectivity index (χ1) is 15.1. The molecule has 3 heterocycles. The van der Waals surface area contributed by atoms with E-state index >= 15 is 0 Å². The molecule has 3 aromatic heterocycles. The molecule has 0 saturated heterocycles. The number of amides is 2. The van der Waals surface area contributed by atoms with Gasteiger partial charge in [0.1, 0.15) is 6.67 Å². The van der Waals surface area contributed by atoms with Gasteiger partial charge in [-0.05, 0) is 29.0 Å². The maximum Gasteiger partial charge on any atom is 0.321 e. The summed E-state index contributed by atoms with van der Waals surface area (Å²) < 4.78 is 18.3. The average molecular weight is 442 g/mol. The molecule has 0 aliphatic carbocycles. The van der Waals surface area contributed by atoms with Crippen LogP contribution < -0.4 is 15.4 Å². The summed E-state index contributed by atoms with van der Waals surface area (Å²) in [5, 5.41) is 17.5. The predicted octanol–water partition coefficient (Wildman–Crippen LogP) is 2.69. The molecule has 4 aromatic rings. The molecule has 2 amide bonds. The van der Waals surface area contributed by atoms with E-state index in [0.29, 0.717) is 29.8 Å². The van der Waals surface area contributed by atoms with Crippen molar-refractivity contribution in [2.45, 2.75) is 13.0 Å². The lowest BCUT2D eigenvalue weighted by Gasteiger charge is -2.03. The van der Waals surface area contributed by atoms with E-state index in [0.717, 1.165) is 21.3 Å². The van der Waals surface area contributed by atoms with Crippen LogP contribution in [0.5, 0.6) is 5.88 Å². The number of carbonyl (C=O) groups excluding carboxylic acids is 1. The van der Waals surface area contributed by atoms with Gasteiger partial charge in [0.2, 0.25) is 5.88 Å². The summed E-state index contributed by atoms with van der Waals surface area (Å²) in [6.45, 7) is -0.182. The molecule has 4 rings (SSSR count). The number of ether oxygens (including phenoxy) is 1. The number of hydrogen-bond acceptors (Lipinski definition) is 8. The highest BCUT2D eigenvalue weighted by molar-refractivity contribution is 7.22. The molecule has 0 spiro atoms. The first-order valence-corrected chi connectivity index (χ1v) is 10.2. The molecule has 10 nitrogen and oxygen atoms in total. The van der Waals surface area contributed by atoms with Gasteiger partial charge in [0, 0.05) is 30.8 Å². The Hall–Kier alpha value is -3.67. The zero-order valence-electron chi connectivity index (χ0n) is 16.6. The summed E-state index contributed by atoms with van der Waals surface area (Å²) in [5.74, 6) is 0.995. The number of carbonyl (C=O) groups is 1. The fourth-order valence-corrected chi connectivity index (χ4v) is 3.71. The second-order valence-corrected chi connectivity index (χ2v) is 7.44. The van der Waals surface area contributed by atoms with E-state index in [4.69, 9.17) is 4.74 Å². The Kier molecular flexibility index (Phi) is 6.26. The van der Waals surface area contributed by atoms with Crippen molar-refractivity contribution >= 4 is 32.7 Å². The second kappa shape index (κ2) is 9.43. The maximum absolute atomic E-state index is 12.3. The molecule has 0 radical (unpaired) electrons. The Labute approximate surface area is 180 Å². The lowest BCUT2D eigenvalue weighted by molar-refractivity contribution is 0.252. The van der Waals surface area contributed by atoms with Crippen LogP contribution in [-0.4, -0.2) is 56.5 Å². The number of alkyl halides is 1. The molecule has 12 heteroatoms. The van der Waals surface area contributed by atoms with Crippen LogP contribution >= 0.6 is 11.3 Å². The third-order valence-corrected chi connectivity index (χ3v) is 5.23. The smallest absolute Gasteiger partial charge is 0.321 e. The summed E-state index contributed by atoms with van der Waals surface area (Å²) in [4.78, 5) is 22.0. The number of anilines is 1. The standard InChI is InChI=1S/C19H19FN8O2S/c1-30-17-5-3-13(11-22-17)12-2-4-14-15(10-12)31-19(23-14)24-18(29)21-8-6-16-25-27-28(26-16)9-7-20/h2-5,10-11H,6-9H2,1H3,(H2,21,23,24,29). The molecule has 0 bridgehead atoms. The van der Waals surface area contributed by atoms with Crippen LogP contribution in [0.2, 0.25) is 0 Å². The summed E-state index contributed by atoms with van der Waals surface area (Å²) in [5.41, 5.74) is 2.75. The van der Waals surface area contributed by atoms with Crippen molar-refractivity contribution in [2.24, 2.45) is 0 Å². The lowest BCUT2D eigenvalue weighted by atomic mass is 10.1. The Bertz CT molecular complexity index is 1180. The van der Waals surface area contributed by atoms with Crippen LogP contribution in [-0.2, 0) is 13.0 Å². The van der Waals surface area contributed by atoms with Crippen molar-refractivity contribution in [3.63, 3.8) is 0 Å². The van der Waals surface area contributed by atoms with Gasteiger partial charge in [-0.3, -0.25) is 5.32 Å². The molecule has 1 aromatic carbocycles. The Morgan fingerprint density at radius 1 is 1.26 bits per heavy atom. The number of aromatic nitrogens is 6. The summed E-state index contributed by atoms with van der Waals surface area (Å²) >= 11 is 1.38. The third-order valence-electron chi connectivity index (χ3n) is 4.30. The largest absolute Gasteiger partial charge is 0.481 e. The predicted molar refractivity (Wildman–Crippen MR) is 114 cm³/mol. The van der Waals surface area contributed by atoms with Gasteiger partial charge in [0.25, 0.3) is 0 Å². The Balaban J connectivity index is 1.34. The molecular formula is C19H19FN8O2S. The molecule has 2 N–H and O–H groups in total. The first-order valence-electron chi connectivity index (χ1n) is 9.43. The van der Waals surface area contributed by atoms with E-state index in [1.807, 2.05) is 24.3 Å². The van der Waals surface area contributed by atoms with E-state index in [1.54, 1.807) is 19.4 Å². The Morgan fingerprint density at radius 2 is 2.13 bits per heavy atom. The fraction of sp³-hybridized carbons (Fsp3) is 0.263. The molecule has 0 aliphatic heterocycles. The van der Waals surface area contributed by atoms with Gasteiger partial charge in [0.15, 0.2) is 11.0 Å². The number of benzene rings is 1. The van der Waals surface area contributed by atoms with Crippen LogP contribution in [0.3, 0.4) is 0 Å². The maximum atomic E-state index is 12.3. The number of methoxy groups -OCH3 is 1. The highest BCUT2D eigenvalue weighted by Gasteiger charge is 2.10. The van der Waals surface area contributed by atoms with E-state index in [1.165, 1.54) is 16.1 Å². The molecule has 160 valence electrons. The number of rotatable bonds is 8. The van der Waals surface area contributed by atoms with Crippen LogP contribution in [0.1, 0.15) is 5.82 Å². The number of nitrogens with one attached hydrogen (secondary N) is 2. The minimum atomic E-state index is -0.558. The number of nitrogens with zero attached hydrogens (tertiary/aromatic N) is 6.